The van der Waals surface area contributed by atoms with Crippen molar-refractivity contribution in [2.45, 2.75) is 50.7 Å². The first-order valence-electron chi connectivity index (χ1n) is 7.81. The topological polar surface area (TPSA) is 32.8 Å². The third-order valence-electron chi connectivity index (χ3n) is 5.15. The fourth-order valence-corrected chi connectivity index (χ4v) is 3.93. The maximum atomic E-state index is 12.9. The number of carbonyl (C=O) groups excluding carboxylic acids is 1. The highest BCUT2D eigenvalue weighted by Gasteiger charge is 2.54. The summed E-state index contributed by atoms with van der Waals surface area (Å²) in [7, 11) is 3.60. The minimum atomic E-state index is -0.332. The zero-order valence-electron chi connectivity index (χ0n) is 13.1. The highest BCUT2D eigenvalue weighted by molar-refractivity contribution is 5.94. The maximum absolute atomic E-state index is 12.9. The fraction of sp³-hybridized carbons (Fsp3) is 0.588. The van der Waals surface area contributed by atoms with Crippen LogP contribution in [0.4, 0.5) is 5.69 Å². The van der Waals surface area contributed by atoms with E-state index in [1.165, 1.54) is 6.42 Å². The first-order chi connectivity index (χ1) is 10.1. The van der Waals surface area contributed by atoms with Crippen LogP contribution in [0.15, 0.2) is 24.3 Å². The van der Waals surface area contributed by atoms with Crippen LogP contribution in [0.5, 0.6) is 5.75 Å². The molecule has 21 heavy (non-hydrogen) atoms. The quantitative estimate of drug-likeness (QED) is 0.838. The Labute approximate surface area is 126 Å². The number of amides is 1. The molecule has 1 aromatic carbocycles. The Morgan fingerprint density at radius 1 is 1.14 bits per heavy atom. The summed E-state index contributed by atoms with van der Waals surface area (Å²) in [5.41, 5.74) is 0.781. The predicted molar refractivity (Wildman–Crippen MR) is 83.5 cm³/mol. The van der Waals surface area contributed by atoms with Crippen molar-refractivity contribution in [3.63, 3.8) is 0 Å². The number of ether oxygens (including phenoxy) is 1. The van der Waals surface area contributed by atoms with E-state index in [0.29, 0.717) is 0 Å². The predicted octanol–water partition coefficient (Wildman–Crippen LogP) is 3.02. The fourth-order valence-electron chi connectivity index (χ4n) is 3.93. The molecule has 1 heterocycles. The molecule has 3 rings (SSSR count). The summed E-state index contributed by atoms with van der Waals surface area (Å²) in [6, 6.07) is 8.08. The number of likely N-dealkylation sites (N-methyl/N-ethyl adjacent to an activating group) is 1. The van der Waals surface area contributed by atoms with Crippen LogP contribution in [-0.4, -0.2) is 36.7 Å². The van der Waals surface area contributed by atoms with Gasteiger partial charge in [-0.3, -0.25) is 4.79 Å². The van der Waals surface area contributed by atoms with E-state index in [9.17, 15) is 4.79 Å². The van der Waals surface area contributed by atoms with Gasteiger partial charge in [0.05, 0.1) is 7.11 Å². The third-order valence-corrected chi connectivity index (χ3v) is 5.15. The van der Waals surface area contributed by atoms with E-state index in [1.807, 2.05) is 24.1 Å². The molecule has 4 heteroatoms. The Morgan fingerprint density at radius 2 is 1.76 bits per heavy atom. The van der Waals surface area contributed by atoms with E-state index < -0.39 is 0 Å². The SMILES string of the molecule is COc1ccc(N2C(C)N(C)C(=O)C23CCCCC3)cc1. The largest absolute Gasteiger partial charge is 0.497 e. The van der Waals surface area contributed by atoms with Gasteiger partial charge >= 0.3 is 0 Å². The average molecular weight is 288 g/mol. The zero-order valence-corrected chi connectivity index (χ0v) is 13.1. The van der Waals surface area contributed by atoms with Crippen LogP contribution in [0.2, 0.25) is 0 Å². The lowest BCUT2D eigenvalue weighted by Gasteiger charge is -2.41. The Morgan fingerprint density at radius 3 is 2.33 bits per heavy atom. The van der Waals surface area contributed by atoms with Crippen molar-refractivity contribution in [2.24, 2.45) is 0 Å². The van der Waals surface area contributed by atoms with Gasteiger partial charge in [0.2, 0.25) is 5.91 Å². The molecule has 2 fully saturated rings. The molecule has 1 unspecified atom stereocenters. The van der Waals surface area contributed by atoms with Crippen LogP contribution in [0.1, 0.15) is 39.0 Å². The number of carbonyl (C=O) groups is 1. The summed E-state index contributed by atoms with van der Waals surface area (Å²) in [4.78, 5) is 17.1. The molecular weight excluding hydrogens is 264 g/mol. The van der Waals surface area contributed by atoms with Gasteiger partial charge in [0, 0.05) is 12.7 Å². The van der Waals surface area contributed by atoms with Crippen molar-refractivity contribution in [1.29, 1.82) is 0 Å². The van der Waals surface area contributed by atoms with E-state index in [4.69, 9.17) is 4.74 Å². The second-order valence-corrected chi connectivity index (χ2v) is 6.21. The van der Waals surface area contributed by atoms with Gasteiger partial charge in [0.1, 0.15) is 17.5 Å². The molecule has 0 bridgehead atoms. The van der Waals surface area contributed by atoms with Crippen molar-refractivity contribution >= 4 is 11.6 Å². The van der Waals surface area contributed by atoms with Crippen LogP contribution in [-0.2, 0) is 4.79 Å². The first kappa shape index (κ1) is 14.2. The van der Waals surface area contributed by atoms with Gasteiger partial charge in [-0.2, -0.15) is 0 Å². The van der Waals surface area contributed by atoms with Crippen molar-refractivity contribution in [3.05, 3.63) is 24.3 Å². The van der Waals surface area contributed by atoms with E-state index in [0.717, 1.165) is 37.1 Å². The Hall–Kier alpha value is -1.71. The van der Waals surface area contributed by atoms with Crippen molar-refractivity contribution < 1.29 is 9.53 Å². The molecule has 2 aliphatic rings. The Bertz CT molecular complexity index is 520. The number of anilines is 1. The van der Waals surface area contributed by atoms with Gasteiger partial charge < -0.3 is 14.5 Å². The number of hydrogen-bond acceptors (Lipinski definition) is 3. The number of nitrogens with zero attached hydrogens (tertiary/aromatic N) is 2. The molecule has 0 aromatic heterocycles. The van der Waals surface area contributed by atoms with E-state index in [1.54, 1.807) is 7.11 Å². The molecule has 1 saturated heterocycles. The van der Waals surface area contributed by atoms with Gasteiger partial charge in [-0.05, 0) is 44.0 Å². The highest BCUT2D eigenvalue weighted by Crippen LogP contribution is 2.44. The van der Waals surface area contributed by atoms with Crippen molar-refractivity contribution in [3.8, 4) is 5.75 Å². The number of rotatable bonds is 2. The van der Waals surface area contributed by atoms with Crippen molar-refractivity contribution in [2.75, 3.05) is 19.1 Å². The molecule has 114 valence electrons. The summed E-state index contributed by atoms with van der Waals surface area (Å²) in [5.74, 6) is 1.13. The molecule has 1 saturated carbocycles. The molecule has 0 N–H and O–H groups in total. The van der Waals surface area contributed by atoms with Gasteiger partial charge in [-0.1, -0.05) is 19.3 Å². The molecule has 0 radical (unpaired) electrons. The smallest absolute Gasteiger partial charge is 0.249 e. The molecule has 1 aromatic rings. The Kier molecular flexibility index (Phi) is 3.56. The van der Waals surface area contributed by atoms with E-state index in [2.05, 4.69) is 24.0 Å². The normalized spacial score (nSPS) is 24.7. The van der Waals surface area contributed by atoms with Crippen LogP contribution in [0.3, 0.4) is 0 Å². The average Bonchev–Trinajstić information content (AvgIpc) is 2.70. The van der Waals surface area contributed by atoms with Crippen LogP contribution in [0, 0.1) is 0 Å². The highest BCUT2D eigenvalue weighted by atomic mass is 16.5. The summed E-state index contributed by atoms with van der Waals surface area (Å²) >= 11 is 0. The second-order valence-electron chi connectivity index (χ2n) is 6.21. The van der Waals surface area contributed by atoms with Crippen LogP contribution >= 0.6 is 0 Å². The monoisotopic (exact) mass is 288 g/mol. The van der Waals surface area contributed by atoms with Crippen molar-refractivity contribution in [1.82, 2.24) is 4.90 Å². The summed E-state index contributed by atoms with van der Waals surface area (Å²) in [5, 5.41) is 0. The van der Waals surface area contributed by atoms with Gasteiger partial charge in [-0.15, -0.1) is 0 Å². The third kappa shape index (κ3) is 2.08. The summed E-state index contributed by atoms with van der Waals surface area (Å²) in [6.45, 7) is 2.12. The summed E-state index contributed by atoms with van der Waals surface area (Å²) < 4.78 is 5.24. The van der Waals surface area contributed by atoms with Gasteiger partial charge in [0.25, 0.3) is 0 Å². The molecule has 4 nitrogen and oxygen atoms in total. The lowest BCUT2D eigenvalue weighted by atomic mass is 9.80. The molecule has 1 aliphatic carbocycles. The minimum absolute atomic E-state index is 0.101. The molecular formula is C17H24N2O2. The lowest BCUT2D eigenvalue weighted by molar-refractivity contribution is -0.132. The van der Waals surface area contributed by atoms with Gasteiger partial charge in [0.15, 0.2) is 0 Å². The number of hydrogen-bond donors (Lipinski definition) is 0. The number of methoxy groups -OCH3 is 1. The first-order valence-corrected chi connectivity index (χ1v) is 7.81. The van der Waals surface area contributed by atoms with Crippen LogP contribution in [0.25, 0.3) is 0 Å². The molecule has 1 spiro atoms. The minimum Gasteiger partial charge on any atom is -0.497 e. The Balaban J connectivity index is 2.01. The molecule has 1 aliphatic heterocycles. The zero-order chi connectivity index (χ0) is 15.0. The van der Waals surface area contributed by atoms with Crippen LogP contribution < -0.4 is 9.64 Å². The molecule has 1 amide bonds. The number of benzene rings is 1. The summed E-state index contributed by atoms with van der Waals surface area (Å²) in [6.07, 6.45) is 5.55. The second kappa shape index (κ2) is 5.24. The molecule has 1 atom stereocenters. The maximum Gasteiger partial charge on any atom is 0.249 e. The van der Waals surface area contributed by atoms with E-state index in [-0.39, 0.29) is 17.6 Å². The lowest BCUT2D eigenvalue weighted by Crippen LogP contribution is -2.51. The van der Waals surface area contributed by atoms with E-state index >= 15 is 0 Å². The standard InChI is InChI=1S/C17H24N2O2/c1-13-18(2)16(20)17(11-5-4-6-12-17)19(13)14-7-9-15(21-3)10-8-14/h7-10,13H,4-6,11-12H2,1-3H3. The van der Waals surface area contributed by atoms with Gasteiger partial charge in [-0.25, -0.2) is 0 Å².